The summed E-state index contributed by atoms with van der Waals surface area (Å²) in [6.45, 7) is 9.00. The number of hydrogen-bond acceptors (Lipinski definition) is 5. The van der Waals surface area contributed by atoms with E-state index >= 15 is 0 Å². The van der Waals surface area contributed by atoms with Gasteiger partial charge >= 0.3 is 0 Å². The molecule has 7 nitrogen and oxygen atoms in total. The van der Waals surface area contributed by atoms with Crippen LogP contribution < -0.4 is 9.47 Å². The van der Waals surface area contributed by atoms with Gasteiger partial charge < -0.3 is 18.9 Å². The molecule has 0 N–H and O–H groups in total. The second kappa shape index (κ2) is 8.04. The van der Waals surface area contributed by atoms with Gasteiger partial charge in [-0.15, -0.1) is 0 Å². The molecule has 1 saturated carbocycles. The van der Waals surface area contributed by atoms with Gasteiger partial charge in [0.2, 0.25) is 11.8 Å². The number of rotatable bonds is 7. The smallest absolute Gasteiger partial charge is 0.240 e. The van der Waals surface area contributed by atoms with Crippen LogP contribution in [0.5, 0.6) is 11.6 Å². The second-order valence-electron chi connectivity index (χ2n) is 9.83. The summed E-state index contributed by atoms with van der Waals surface area (Å²) in [5.41, 5.74) is 3.95. The molecule has 2 aliphatic rings. The molecule has 33 heavy (non-hydrogen) atoms. The Balaban J connectivity index is 1.34. The van der Waals surface area contributed by atoms with E-state index in [0.717, 1.165) is 40.9 Å². The highest BCUT2D eigenvalue weighted by atomic mass is 16.5. The van der Waals surface area contributed by atoms with E-state index in [1.165, 1.54) is 0 Å². The van der Waals surface area contributed by atoms with Gasteiger partial charge in [-0.2, -0.15) is 0 Å². The third-order valence-electron chi connectivity index (χ3n) is 7.39. The Bertz CT molecular complexity index is 1180. The van der Waals surface area contributed by atoms with Crippen LogP contribution in [0.2, 0.25) is 0 Å². The topological polar surface area (TPSA) is 69.5 Å². The van der Waals surface area contributed by atoms with E-state index in [1.807, 2.05) is 48.5 Å². The molecule has 3 atom stereocenters. The predicted molar refractivity (Wildman–Crippen MR) is 126 cm³/mol. The summed E-state index contributed by atoms with van der Waals surface area (Å²) in [6.07, 6.45) is 4.52. The first-order valence-corrected chi connectivity index (χ1v) is 11.7. The molecule has 1 aliphatic carbocycles. The first-order valence-electron chi connectivity index (χ1n) is 11.7. The van der Waals surface area contributed by atoms with E-state index in [9.17, 15) is 4.79 Å². The fourth-order valence-corrected chi connectivity index (χ4v) is 4.82. The SMILES string of the molecule is COc1ccc([C@@H](C)N2C[C@H]([C@@H](C)Oc3nc(C)cc4ncn(C5(C)CC5)c34)CC2=O)cc1. The molecule has 0 unspecified atom stereocenters. The van der Waals surface area contributed by atoms with Crippen LogP contribution in [0.1, 0.15) is 57.3 Å². The minimum absolute atomic E-state index is 0.000607. The maximum atomic E-state index is 12.9. The highest BCUT2D eigenvalue weighted by molar-refractivity contribution is 5.81. The Labute approximate surface area is 194 Å². The average molecular weight is 449 g/mol. The third kappa shape index (κ3) is 3.94. The maximum Gasteiger partial charge on any atom is 0.240 e. The zero-order valence-electron chi connectivity index (χ0n) is 20.0. The van der Waals surface area contributed by atoms with Crippen molar-refractivity contribution in [3.05, 3.63) is 47.9 Å². The van der Waals surface area contributed by atoms with Crippen molar-refractivity contribution in [2.24, 2.45) is 5.92 Å². The van der Waals surface area contributed by atoms with Crippen molar-refractivity contribution in [1.82, 2.24) is 19.4 Å². The first-order chi connectivity index (χ1) is 15.8. The van der Waals surface area contributed by atoms with Gasteiger partial charge in [0.1, 0.15) is 17.4 Å². The fourth-order valence-electron chi connectivity index (χ4n) is 4.82. The normalized spacial score (nSPS) is 21.3. The number of ether oxygens (including phenoxy) is 2. The maximum absolute atomic E-state index is 12.9. The molecule has 3 aromatic rings. The number of likely N-dealkylation sites (tertiary alicyclic amines) is 1. The lowest BCUT2D eigenvalue weighted by molar-refractivity contribution is -0.129. The number of nitrogens with zero attached hydrogens (tertiary/aromatic N) is 4. The number of carbonyl (C=O) groups excluding carboxylic acids is 1. The third-order valence-corrected chi connectivity index (χ3v) is 7.39. The number of aromatic nitrogens is 3. The van der Waals surface area contributed by atoms with Crippen molar-refractivity contribution < 1.29 is 14.3 Å². The van der Waals surface area contributed by atoms with Crippen molar-refractivity contribution in [3.63, 3.8) is 0 Å². The van der Waals surface area contributed by atoms with E-state index in [4.69, 9.17) is 14.5 Å². The van der Waals surface area contributed by atoms with E-state index in [-0.39, 0.29) is 29.5 Å². The molecule has 1 aliphatic heterocycles. The van der Waals surface area contributed by atoms with Crippen LogP contribution in [-0.2, 0) is 10.3 Å². The van der Waals surface area contributed by atoms with Crippen molar-refractivity contribution in [2.45, 2.75) is 64.6 Å². The molecular formula is C26H32N4O3. The molecule has 1 aromatic carbocycles. The predicted octanol–water partition coefficient (Wildman–Crippen LogP) is 4.63. The van der Waals surface area contributed by atoms with E-state index in [1.54, 1.807) is 7.11 Å². The highest BCUT2D eigenvalue weighted by Gasteiger charge is 2.41. The molecule has 3 heterocycles. The standard InChI is InChI=1S/C26H32N4O3/c1-16-12-22-24(30(15-27-22)26(4)10-11-26)25(28-16)33-18(3)20-13-23(31)29(14-20)17(2)19-6-8-21(32-5)9-7-19/h6-9,12,15,17-18,20H,10-11,13-14H2,1-5H3/t17-,18-,20-/m1/s1. The Morgan fingerprint density at radius 1 is 1.18 bits per heavy atom. The Morgan fingerprint density at radius 3 is 2.58 bits per heavy atom. The van der Waals surface area contributed by atoms with Gasteiger partial charge in [0.15, 0.2) is 0 Å². The number of amides is 1. The molecule has 2 aromatic heterocycles. The zero-order valence-corrected chi connectivity index (χ0v) is 20.0. The quantitative estimate of drug-likeness (QED) is 0.527. The molecule has 0 spiro atoms. The van der Waals surface area contributed by atoms with Crippen LogP contribution >= 0.6 is 0 Å². The minimum Gasteiger partial charge on any atom is -0.497 e. The minimum atomic E-state index is -0.144. The van der Waals surface area contributed by atoms with Crippen molar-refractivity contribution in [1.29, 1.82) is 0 Å². The number of methoxy groups -OCH3 is 1. The number of benzene rings is 1. The molecule has 5 rings (SSSR count). The lowest BCUT2D eigenvalue weighted by Gasteiger charge is -2.27. The molecule has 0 bridgehead atoms. The van der Waals surface area contributed by atoms with E-state index < -0.39 is 0 Å². The molecule has 0 radical (unpaired) electrons. The Morgan fingerprint density at radius 2 is 1.91 bits per heavy atom. The molecule has 2 fully saturated rings. The molecule has 1 saturated heterocycles. The first kappa shape index (κ1) is 21.7. The molecular weight excluding hydrogens is 416 g/mol. The van der Waals surface area contributed by atoms with Crippen LogP contribution in [0, 0.1) is 12.8 Å². The van der Waals surface area contributed by atoms with Crippen LogP contribution in [0.25, 0.3) is 11.0 Å². The number of aryl methyl sites for hydroxylation is 1. The van der Waals surface area contributed by atoms with Crippen molar-refractivity contribution in [3.8, 4) is 11.6 Å². The number of fused-ring (bicyclic) bond motifs is 1. The average Bonchev–Trinajstić information content (AvgIpc) is 3.20. The summed E-state index contributed by atoms with van der Waals surface area (Å²) in [4.78, 5) is 24.2. The molecule has 174 valence electrons. The second-order valence-corrected chi connectivity index (χ2v) is 9.83. The van der Waals surface area contributed by atoms with Crippen LogP contribution in [-0.4, -0.2) is 45.1 Å². The summed E-state index contributed by atoms with van der Waals surface area (Å²) in [5, 5.41) is 0. The lowest BCUT2D eigenvalue weighted by Crippen LogP contribution is -2.31. The monoisotopic (exact) mass is 448 g/mol. The van der Waals surface area contributed by atoms with Crippen molar-refractivity contribution in [2.75, 3.05) is 13.7 Å². The van der Waals surface area contributed by atoms with Gasteiger partial charge in [0, 0.05) is 30.1 Å². The number of imidazole rings is 1. The van der Waals surface area contributed by atoms with Gasteiger partial charge in [0.25, 0.3) is 0 Å². The number of pyridine rings is 1. The van der Waals surface area contributed by atoms with Gasteiger partial charge in [0.05, 0.1) is 25.0 Å². The van der Waals surface area contributed by atoms with E-state index in [2.05, 4.69) is 30.3 Å². The summed E-state index contributed by atoms with van der Waals surface area (Å²) in [5.74, 6) is 1.70. The summed E-state index contributed by atoms with van der Waals surface area (Å²) >= 11 is 0. The lowest BCUT2D eigenvalue weighted by atomic mass is 10.0. The molecule has 7 heteroatoms. The highest BCUT2D eigenvalue weighted by Crippen LogP contribution is 2.46. The van der Waals surface area contributed by atoms with Crippen LogP contribution in [0.15, 0.2) is 36.7 Å². The van der Waals surface area contributed by atoms with Gasteiger partial charge in [-0.25, -0.2) is 9.97 Å². The Kier molecular flexibility index (Phi) is 5.30. The number of carbonyl (C=O) groups is 1. The van der Waals surface area contributed by atoms with Gasteiger partial charge in [-0.1, -0.05) is 12.1 Å². The van der Waals surface area contributed by atoms with Crippen LogP contribution in [0.4, 0.5) is 0 Å². The number of hydrogen-bond donors (Lipinski definition) is 0. The van der Waals surface area contributed by atoms with Gasteiger partial charge in [-0.3, -0.25) is 4.79 Å². The Hall–Kier alpha value is -3.09. The largest absolute Gasteiger partial charge is 0.497 e. The van der Waals surface area contributed by atoms with Gasteiger partial charge in [-0.05, 0) is 64.3 Å². The zero-order chi connectivity index (χ0) is 23.3. The summed E-state index contributed by atoms with van der Waals surface area (Å²) in [6, 6.07) is 9.93. The van der Waals surface area contributed by atoms with Crippen molar-refractivity contribution >= 4 is 16.9 Å². The summed E-state index contributed by atoms with van der Waals surface area (Å²) < 4.78 is 13.9. The van der Waals surface area contributed by atoms with E-state index in [0.29, 0.717) is 18.8 Å². The summed E-state index contributed by atoms with van der Waals surface area (Å²) in [7, 11) is 1.66. The van der Waals surface area contributed by atoms with Crippen LogP contribution in [0.3, 0.4) is 0 Å². The fraction of sp³-hybridized carbons (Fsp3) is 0.500. The molecule has 1 amide bonds.